The molecule has 0 N–H and O–H groups in total. The Bertz CT molecular complexity index is 472. The lowest BCUT2D eigenvalue weighted by molar-refractivity contribution is 0.103. The Morgan fingerprint density at radius 2 is 1.41 bits per heavy atom. The van der Waals surface area contributed by atoms with Crippen molar-refractivity contribution < 1.29 is 4.79 Å². The van der Waals surface area contributed by atoms with Crippen LogP contribution >= 0.6 is 0 Å². The topological polar surface area (TPSA) is 17.1 Å². The lowest BCUT2D eigenvalue weighted by atomic mass is 10.0. The van der Waals surface area contributed by atoms with Crippen LogP contribution in [0.4, 0.5) is 0 Å². The van der Waals surface area contributed by atoms with Gasteiger partial charge < -0.3 is 0 Å². The van der Waals surface area contributed by atoms with Crippen LogP contribution in [0.15, 0.2) is 54.6 Å². The Morgan fingerprint density at radius 1 is 0.824 bits per heavy atom. The summed E-state index contributed by atoms with van der Waals surface area (Å²) in [6.07, 6.45) is 0. The Kier molecular flexibility index (Phi) is 5.15. The molecule has 0 aromatic heterocycles. The second kappa shape index (κ2) is 6.64. The van der Waals surface area contributed by atoms with Gasteiger partial charge in [-0.1, -0.05) is 67.9 Å². The molecule has 0 spiro atoms. The highest BCUT2D eigenvalue weighted by Gasteiger charge is 2.07. The molecule has 0 amide bonds. The van der Waals surface area contributed by atoms with Gasteiger partial charge in [-0.3, -0.25) is 4.79 Å². The van der Waals surface area contributed by atoms with E-state index >= 15 is 0 Å². The third-order valence-electron chi connectivity index (χ3n) is 2.32. The zero-order valence-electron chi connectivity index (χ0n) is 10.6. The first kappa shape index (κ1) is 13.2. The van der Waals surface area contributed by atoms with Crippen LogP contribution in [0, 0.1) is 6.92 Å². The molecule has 0 saturated heterocycles. The van der Waals surface area contributed by atoms with Crippen molar-refractivity contribution in [3.8, 4) is 0 Å². The largest absolute Gasteiger partial charge is 0.289 e. The zero-order chi connectivity index (χ0) is 12.7. The molecule has 0 heterocycles. The fourth-order valence-corrected chi connectivity index (χ4v) is 1.54. The molecule has 0 atom stereocenters. The smallest absolute Gasteiger partial charge is 0.193 e. The van der Waals surface area contributed by atoms with Gasteiger partial charge in [0.25, 0.3) is 0 Å². The monoisotopic (exact) mass is 226 g/mol. The molecule has 0 unspecified atom stereocenters. The molecule has 0 aliphatic heterocycles. The molecule has 2 rings (SSSR count). The van der Waals surface area contributed by atoms with Crippen LogP contribution in [0.3, 0.4) is 0 Å². The van der Waals surface area contributed by atoms with E-state index in [9.17, 15) is 4.79 Å². The van der Waals surface area contributed by atoms with Gasteiger partial charge >= 0.3 is 0 Å². The highest BCUT2D eigenvalue weighted by molar-refractivity contribution is 6.09. The van der Waals surface area contributed by atoms with Gasteiger partial charge in [-0.05, 0) is 13.0 Å². The predicted molar refractivity (Wildman–Crippen MR) is 72.4 cm³/mol. The molecule has 1 heteroatoms. The summed E-state index contributed by atoms with van der Waals surface area (Å²) in [5, 5.41) is 0. The summed E-state index contributed by atoms with van der Waals surface area (Å²) in [7, 11) is 0. The summed E-state index contributed by atoms with van der Waals surface area (Å²) in [5.74, 6) is 0.0827. The van der Waals surface area contributed by atoms with Gasteiger partial charge in [0.2, 0.25) is 0 Å². The number of aryl methyl sites for hydroxylation is 1. The van der Waals surface area contributed by atoms with E-state index in [1.54, 1.807) is 0 Å². The molecule has 88 valence electrons. The second-order valence-electron chi connectivity index (χ2n) is 3.56. The van der Waals surface area contributed by atoms with Crippen molar-refractivity contribution in [2.24, 2.45) is 0 Å². The van der Waals surface area contributed by atoms with Crippen LogP contribution < -0.4 is 0 Å². The minimum atomic E-state index is 0.0827. The van der Waals surface area contributed by atoms with Crippen molar-refractivity contribution >= 4 is 5.78 Å². The second-order valence-corrected chi connectivity index (χ2v) is 3.56. The van der Waals surface area contributed by atoms with Crippen molar-refractivity contribution in [1.82, 2.24) is 0 Å². The third kappa shape index (κ3) is 3.56. The van der Waals surface area contributed by atoms with Crippen molar-refractivity contribution in [1.29, 1.82) is 0 Å². The number of benzene rings is 2. The van der Waals surface area contributed by atoms with Gasteiger partial charge in [0, 0.05) is 11.1 Å². The summed E-state index contributed by atoms with van der Waals surface area (Å²) >= 11 is 0. The average molecular weight is 226 g/mol. The molecule has 1 nitrogen and oxygen atoms in total. The van der Waals surface area contributed by atoms with Gasteiger partial charge in [0.05, 0.1) is 0 Å². The van der Waals surface area contributed by atoms with Crippen LogP contribution in [-0.2, 0) is 0 Å². The number of hydrogen-bond donors (Lipinski definition) is 0. The summed E-state index contributed by atoms with van der Waals surface area (Å²) < 4.78 is 0. The van der Waals surface area contributed by atoms with Gasteiger partial charge in [-0.15, -0.1) is 0 Å². The van der Waals surface area contributed by atoms with E-state index in [1.165, 1.54) is 0 Å². The quantitative estimate of drug-likeness (QED) is 0.699. The van der Waals surface area contributed by atoms with Crippen molar-refractivity contribution in [2.45, 2.75) is 20.8 Å². The first-order valence-electron chi connectivity index (χ1n) is 5.94. The molecule has 0 bridgehead atoms. The molecule has 0 aliphatic rings. The molecule has 0 aliphatic carbocycles. The standard InChI is InChI=1S/C14H12O.C2H6/c1-11-6-5-9-13(10-11)14(15)12-7-3-2-4-8-12;1-2/h2-10H,1H3;1-2H3. The van der Waals surface area contributed by atoms with Crippen molar-refractivity contribution in [3.05, 3.63) is 71.3 Å². The number of carbonyl (C=O) groups is 1. The van der Waals surface area contributed by atoms with Crippen LogP contribution in [0.5, 0.6) is 0 Å². The molecule has 2 aromatic rings. The van der Waals surface area contributed by atoms with E-state index in [2.05, 4.69) is 0 Å². The summed E-state index contributed by atoms with van der Waals surface area (Å²) in [5.41, 5.74) is 2.60. The van der Waals surface area contributed by atoms with Crippen molar-refractivity contribution in [3.63, 3.8) is 0 Å². The lowest BCUT2D eigenvalue weighted by Crippen LogP contribution is -2.00. The molecular formula is C16H18O. The highest BCUT2D eigenvalue weighted by atomic mass is 16.1. The van der Waals surface area contributed by atoms with Gasteiger partial charge in [-0.25, -0.2) is 0 Å². The molecule has 0 fully saturated rings. The molecule has 0 saturated carbocycles. The zero-order valence-corrected chi connectivity index (χ0v) is 10.6. The summed E-state index contributed by atoms with van der Waals surface area (Å²) in [6, 6.07) is 17.0. The van der Waals surface area contributed by atoms with Crippen LogP contribution in [0.25, 0.3) is 0 Å². The maximum absolute atomic E-state index is 12.0. The number of hydrogen-bond acceptors (Lipinski definition) is 1. The molecular weight excluding hydrogens is 208 g/mol. The summed E-state index contributed by atoms with van der Waals surface area (Å²) in [4.78, 5) is 12.0. The molecule has 17 heavy (non-hydrogen) atoms. The predicted octanol–water partition coefficient (Wildman–Crippen LogP) is 4.25. The minimum Gasteiger partial charge on any atom is -0.289 e. The van der Waals surface area contributed by atoms with Crippen LogP contribution in [0.2, 0.25) is 0 Å². The Morgan fingerprint density at radius 3 is 2.00 bits per heavy atom. The van der Waals surface area contributed by atoms with E-state index in [1.807, 2.05) is 75.4 Å². The van der Waals surface area contributed by atoms with E-state index in [-0.39, 0.29) is 5.78 Å². The Hall–Kier alpha value is -1.89. The van der Waals surface area contributed by atoms with E-state index in [0.717, 1.165) is 16.7 Å². The number of rotatable bonds is 2. The highest BCUT2D eigenvalue weighted by Crippen LogP contribution is 2.10. The maximum Gasteiger partial charge on any atom is 0.193 e. The van der Waals surface area contributed by atoms with Crippen LogP contribution in [0.1, 0.15) is 35.3 Å². The van der Waals surface area contributed by atoms with Crippen molar-refractivity contribution in [2.75, 3.05) is 0 Å². The Labute approximate surface area is 103 Å². The fraction of sp³-hybridized carbons (Fsp3) is 0.188. The Balaban J connectivity index is 0.000000686. The molecule has 0 radical (unpaired) electrons. The van der Waals surface area contributed by atoms with Gasteiger partial charge in [0.15, 0.2) is 5.78 Å². The molecule has 2 aromatic carbocycles. The fourth-order valence-electron chi connectivity index (χ4n) is 1.54. The normalized spacial score (nSPS) is 9.12. The minimum absolute atomic E-state index is 0.0827. The van der Waals surface area contributed by atoms with E-state index < -0.39 is 0 Å². The van der Waals surface area contributed by atoms with Crippen LogP contribution in [-0.4, -0.2) is 5.78 Å². The van der Waals surface area contributed by atoms with Gasteiger partial charge in [0.1, 0.15) is 0 Å². The number of carbonyl (C=O) groups excluding carboxylic acids is 1. The average Bonchev–Trinajstić information content (AvgIpc) is 2.41. The lowest BCUT2D eigenvalue weighted by Gasteiger charge is -2.01. The first-order chi connectivity index (χ1) is 8.27. The van der Waals surface area contributed by atoms with Gasteiger partial charge in [-0.2, -0.15) is 0 Å². The van der Waals surface area contributed by atoms with E-state index in [0.29, 0.717) is 0 Å². The van der Waals surface area contributed by atoms with E-state index in [4.69, 9.17) is 0 Å². The SMILES string of the molecule is CC.Cc1cccc(C(=O)c2ccccc2)c1. The first-order valence-corrected chi connectivity index (χ1v) is 5.94. The third-order valence-corrected chi connectivity index (χ3v) is 2.32. The number of ketones is 1. The summed E-state index contributed by atoms with van der Waals surface area (Å²) in [6.45, 7) is 5.99. The maximum atomic E-state index is 12.0.